The van der Waals surface area contributed by atoms with E-state index in [0.29, 0.717) is 29.3 Å². The number of benzene rings is 1. The van der Waals surface area contributed by atoms with Gasteiger partial charge in [0.15, 0.2) is 9.84 Å². The molecule has 0 atom stereocenters. The third-order valence-corrected chi connectivity index (χ3v) is 8.16. The van der Waals surface area contributed by atoms with Crippen LogP contribution in [0.2, 0.25) is 0 Å². The van der Waals surface area contributed by atoms with Gasteiger partial charge in [0, 0.05) is 24.4 Å². The van der Waals surface area contributed by atoms with Crippen LogP contribution in [-0.4, -0.2) is 58.3 Å². The van der Waals surface area contributed by atoms with Crippen LogP contribution in [0.5, 0.6) is 5.75 Å². The van der Waals surface area contributed by atoms with Crippen molar-refractivity contribution >= 4 is 38.1 Å². The Kier molecular flexibility index (Phi) is 7.91. The Morgan fingerprint density at radius 1 is 1.22 bits per heavy atom. The molecule has 32 heavy (non-hydrogen) atoms. The fraction of sp³-hybridized carbons (Fsp3) is 0.455. The van der Waals surface area contributed by atoms with Crippen molar-refractivity contribution in [3.8, 4) is 5.75 Å². The highest BCUT2D eigenvalue weighted by molar-refractivity contribution is 7.91. The molecule has 1 amide bonds. The summed E-state index contributed by atoms with van der Waals surface area (Å²) in [7, 11) is 0.0161. The monoisotopic (exact) mass is 480 g/mol. The van der Waals surface area contributed by atoms with Gasteiger partial charge in [0.1, 0.15) is 10.8 Å². The van der Waals surface area contributed by atoms with Gasteiger partial charge >= 0.3 is 5.97 Å². The van der Waals surface area contributed by atoms with Gasteiger partial charge in [0.2, 0.25) is 5.91 Å². The first-order valence-corrected chi connectivity index (χ1v) is 12.9. The predicted octanol–water partition coefficient (Wildman–Crippen LogP) is 3.11. The molecule has 1 aromatic heterocycles. The van der Waals surface area contributed by atoms with Crippen LogP contribution >= 0.6 is 11.3 Å². The Labute approximate surface area is 192 Å². The summed E-state index contributed by atoms with van der Waals surface area (Å²) in [6.07, 6.45) is 0.912. The lowest BCUT2D eigenvalue weighted by molar-refractivity contribution is -0.116. The molecule has 1 aromatic carbocycles. The maximum absolute atomic E-state index is 12.5. The van der Waals surface area contributed by atoms with Gasteiger partial charge < -0.3 is 19.7 Å². The van der Waals surface area contributed by atoms with E-state index in [1.54, 1.807) is 19.1 Å². The number of fused-ring (bicyclic) bond motifs is 1. The molecule has 3 rings (SSSR count). The number of carbonyl (C=O) groups excluding carboxylic acids is 2. The zero-order valence-electron chi connectivity index (χ0n) is 18.5. The fourth-order valence-corrected chi connectivity index (χ4v) is 6.19. The average Bonchev–Trinajstić information content (AvgIpc) is 3.10. The summed E-state index contributed by atoms with van der Waals surface area (Å²) in [5, 5.41) is 3.29. The van der Waals surface area contributed by atoms with Gasteiger partial charge in [0.25, 0.3) is 0 Å². The van der Waals surface area contributed by atoms with E-state index < -0.39 is 15.8 Å². The summed E-state index contributed by atoms with van der Waals surface area (Å²) < 4.78 is 35.3. The fourth-order valence-electron chi connectivity index (χ4n) is 3.55. The number of amides is 1. The number of esters is 1. The molecule has 0 radical (unpaired) electrons. The summed E-state index contributed by atoms with van der Waals surface area (Å²) in [6.45, 7) is 3.53. The number of rotatable bonds is 9. The Bertz CT molecular complexity index is 1080. The summed E-state index contributed by atoms with van der Waals surface area (Å²) in [5.74, 6) is -0.339. The summed E-state index contributed by atoms with van der Waals surface area (Å²) in [6, 6.07) is 6.17. The molecule has 174 valence electrons. The number of anilines is 1. The molecule has 8 nitrogen and oxygen atoms in total. The van der Waals surface area contributed by atoms with Crippen LogP contribution in [0, 0.1) is 0 Å². The number of ether oxygens (including phenoxy) is 2. The molecule has 0 spiro atoms. The molecule has 2 aromatic rings. The van der Waals surface area contributed by atoms with E-state index in [4.69, 9.17) is 9.47 Å². The number of hydrogen-bond acceptors (Lipinski definition) is 8. The summed E-state index contributed by atoms with van der Waals surface area (Å²) in [4.78, 5) is 28.5. The normalized spacial score (nSPS) is 14.0. The van der Waals surface area contributed by atoms with E-state index in [1.165, 1.54) is 30.6 Å². The van der Waals surface area contributed by atoms with Gasteiger partial charge in [-0.05, 0) is 56.6 Å². The zero-order chi connectivity index (χ0) is 23.3. The standard InChI is InChI=1S/C22H28N2O6S2/c1-4-30-22(26)20-17-11-12-24(2)14-18(17)31-21(20)23-19(25)6-5-13-32(27,28)16-9-7-15(29-3)8-10-16/h7-10H,4-6,11-14H2,1-3H3,(H,23,25). The highest BCUT2D eigenvalue weighted by atomic mass is 32.2. The van der Waals surface area contributed by atoms with Crippen LogP contribution in [0.15, 0.2) is 29.2 Å². The predicted molar refractivity (Wildman–Crippen MR) is 123 cm³/mol. The second-order valence-corrected chi connectivity index (χ2v) is 10.8. The molecule has 10 heteroatoms. The number of sulfone groups is 1. The summed E-state index contributed by atoms with van der Waals surface area (Å²) in [5.41, 5.74) is 1.36. The van der Waals surface area contributed by atoms with Crippen LogP contribution in [0.3, 0.4) is 0 Å². The molecular formula is C22H28N2O6S2. The van der Waals surface area contributed by atoms with E-state index in [9.17, 15) is 18.0 Å². The Morgan fingerprint density at radius 2 is 1.94 bits per heavy atom. The number of hydrogen-bond donors (Lipinski definition) is 1. The lowest BCUT2D eigenvalue weighted by atomic mass is 10.0. The SMILES string of the molecule is CCOC(=O)c1c(NC(=O)CCCS(=O)(=O)c2ccc(OC)cc2)sc2c1CCN(C)C2. The minimum absolute atomic E-state index is 0.0279. The van der Waals surface area contributed by atoms with Gasteiger partial charge in [-0.3, -0.25) is 4.79 Å². The van der Waals surface area contributed by atoms with Gasteiger partial charge in [0.05, 0.1) is 29.9 Å². The lowest BCUT2D eigenvalue weighted by Gasteiger charge is -2.22. The van der Waals surface area contributed by atoms with Crippen LogP contribution in [-0.2, 0) is 32.3 Å². The first-order chi connectivity index (χ1) is 15.2. The maximum atomic E-state index is 12.5. The van der Waals surface area contributed by atoms with E-state index in [-0.39, 0.29) is 36.0 Å². The highest BCUT2D eigenvalue weighted by Crippen LogP contribution is 2.37. The van der Waals surface area contributed by atoms with Crippen molar-refractivity contribution in [2.24, 2.45) is 0 Å². The molecule has 1 aliphatic rings. The molecule has 0 unspecified atom stereocenters. The van der Waals surface area contributed by atoms with Crippen LogP contribution in [0.1, 0.15) is 40.6 Å². The highest BCUT2D eigenvalue weighted by Gasteiger charge is 2.28. The number of likely N-dealkylation sites (N-methyl/N-ethyl adjacent to an activating group) is 1. The maximum Gasteiger partial charge on any atom is 0.341 e. The number of carbonyl (C=O) groups is 2. The zero-order valence-corrected chi connectivity index (χ0v) is 20.1. The first kappa shape index (κ1) is 24.2. The Morgan fingerprint density at radius 3 is 2.59 bits per heavy atom. The molecule has 0 saturated carbocycles. The molecule has 2 heterocycles. The third-order valence-electron chi connectivity index (χ3n) is 5.22. The first-order valence-electron chi connectivity index (χ1n) is 10.4. The number of thiophene rings is 1. The van der Waals surface area contributed by atoms with E-state index in [0.717, 1.165) is 17.0 Å². The van der Waals surface area contributed by atoms with Crippen molar-refractivity contribution in [2.75, 3.05) is 38.4 Å². The number of methoxy groups -OCH3 is 1. The molecular weight excluding hydrogens is 452 g/mol. The average molecular weight is 481 g/mol. The third kappa shape index (κ3) is 5.67. The minimum atomic E-state index is -3.50. The Balaban J connectivity index is 1.65. The van der Waals surface area contributed by atoms with Crippen LogP contribution < -0.4 is 10.1 Å². The summed E-state index contributed by atoms with van der Waals surface area (Å²) >= 11 is 1.38. The van der Waals surface area contributed by atoms with Crippen molar-refractivity contribution in [1.82, 2.24) is 4.90 Å². The van der Waals surface area contributed by atoms with Crippen molar-refractivity contribution in [2.45, 2.75) is 37.6 Å². The van der Waals surface area contributed by atoms with E-state index in [2.05, 4.69) is 10.2 Å². The second-order valence-electron chi connectivity index (χ2n) is 7.56. The van der Waals surface area contributed by atoms with Crippen LogP contribution in [0.4, 0.5) is 5.00 Å². The topological polar surface area (TPSA) is 102 Å². The lowest BCUT2D eigenvalue weighted by Crippen LogP contribution is -2.26. The largest absolute Gasteiger partial charge is 0.497 e. The van der Waals surface area contributed by atoms with Crippen molar-refractivity contribution < 1.29 is 27.5 Å². The Hall–Kier alpha value is -2.43. The van der Waals surface area contributed by atoms with Crippen molar-refractivity contribution in [1.29, 1.82) is 0 Å². The number of nitrogens with one attached hydrogen (secondary N) is 1. The van der Waals surface area contributed by atoms with Gasteiger partial charge in [-0.2, -0.15) is 0 Å². The van der Waals surface area contributed by atoms with Crippen LogP contribution in [0.25, 0.3) is 0 Å². The van der Waals surface area contributed by atoms with Gasteiger partial charge in [-0.1, -0.05) is 0 Å². The minimum Gasteiger partial charge on any atom is -0.497 e. The molecule has 0 fully saturated rings. The van der Waals surface area contributed by atoms with Crippen molar-refractivity contribution in [3.05, 3.63) is 40.3 Å². The second kappa shape index (κ2) is 10.5. The molecule has 1 N–H and O–H groups in total. The quantitative estimate of drug-likeness (QED) is 0.550. The number of nitrogens with zero attached hydrogens (tertiary/aromatic N) is 1. The molecule has 1 aliphatic heterocycles. The molecule has 0 bridgehead atoms. The smallest absolute Gasteiger partial charge is 0.341 e. The van der Waals surface area contributed by atoms with Crippen molar-refractivity contribution in [3.63, 3.8) is 0 Å². The molecule has 0 saturated heterocycles. The van der Waals surface area contributed by atoms with E-state index >= 15 is 0 Å². The van der Waals surface area contributed by atoms with Gasteiger partial charge in [-0.25, -0.2) is 13.2 Å². The molecule has 0 aliphatic carbocycles. The van der Waals surface area contributed by atoms with Gasteiger partial charge in [-0.15, -0.1) is 11.3 Å². The van der Waals surface area contributed by atoms with E-state index in [1.807, 2.05) is 7.05 Å².